The zero-order valence-corrected chi connectivity index (χ0v) is 10.4. The van der Waals surface area contributed by atoms with Gasteiger partial charge in [0.05, 0.1) is 0 Å². The molecule has 0 rings (SSSR count). The van der Waals surface area contributed by atoms with Gasteiger partial charge in [-0.15, -0.1) is 0 Å². The standard InChI is InChI=1S/C4H12P2S3/c1-5(2,7)9-6(3,4)8/h1-4H3. The lowest BCUT2D eigenvalue weighted by Gasteiger charge is -2.15. The Balaban J connectivity index is 4.07. The second-order valence-corrected chi connectivity index (χ2v) is 22.1. The van der Waals surface area contributed by atoms with Crippen LogP contribution in [0.3, 0.4) is 0 Å². The van der Waals surface area contributed by atoms with Crippen LogP contribution in [0.5, 0.6) is 0 Å². The Kier molecular flexibility index (Phi) is 3.98. The van der Waals surface area contributed by atoms with Gasteiger partial charge in [0.15, 0.2) is 0 Å². The zero-order chi connectivity index (χ0) is 7.71. The molecule has 0 spiro atoms. The summed E-state index contributed by atoms with van der Waals surface area (Å²) in [4.78, 5) is 0. The predicted octanol–water partition coefficient (Wildman–Crippen LogP) is 3.03. The lowest BCUT2D eigenvalue weighted by molar-refractivity contribution is 2.28. The van der Waals surface area contributed by atoms with Gasteiger partial charge in [0, 0.05) is 10.5 Å². The smallest absolute Gasteiger partial charge is 0.00599 e. The van der Waals surface area contributed by atoms with Crippen LogP contribution in [0.2, 0.25) is 0 Å². The first kappa shape index (κ1) is 10.7. The Morgan fingerprint density at radius 3 is 1.11 bits per heavy atom. The molecule has 56 valence electrons. The van der Waals surface area contributed by atoms with Gasteiger partial charge in [0.2, 0.25) is 0 Å². The Morgan fingerprint density at radius 1 is 0.889 bits per heavy atom. The minimum atomic E-state index is -1.09. The average Bonchev–Trinajstić information content (AvgIpc) is 1.14. The van der Waals surface area contributed by atoms with E-state index < -0.39 is 10.5 Å². The van der Waals surface area contributed by atoms with Crippen LogP contribution in [-0.4, -0.2) is 26.7 Å². The molecule has 0 amide bonds. The molecule has 0 N–H and O–H groups in total. The first-order valence-corrected chi connectivity index (χ1v) is 11.9. The predicted molar refractivity (Wildman–Crippen MR) is 59.9 cm³/mol. The van der Waals surface area contributed by atoms with E-state index in [0.29, 0.717) is 0 Å². The van der Waals surface area contributed by atoms with Gasteiger partial charge in [-0.1, -0.05) is 34.6 Å². The minimum Gasteiger partial charge on any atom is -0.0875 e. The fourth-order valence-electron chi connectivity index (χ4n) is 0.474. The highest BCUT2D eigenvalue weighted by atomic mass is 33.2. The SMILES string of the molecule is CP(C)(=S)SP(C)(C)=S. The van der Waals surface area contributed by atoms with E-state index in [0.717, 1.165) is 0 Å². The lowest BCUT2D eigenvalue weighted by Crippen LogP contribution is -1.67. The maximum absolute atomic E-state index is 5.27. The molecule has 0 aliphatic heterocycles. The Labute approximate surface area is 71.7 Å². The van der Waals surface area contributed by atoms with E-state index in [9.17, 15) is 0 Å². The summed E-state index contributed by atoms with van der Waals surface area (Å²) >= 11 is 12.4. The largest absolute Gasteiger partial charge is 0.0875 e. The summed E-state index contributed by atoms with van der Waals surface area (Å²) in [5, 5.41) is -2.18. The van der Waals surface area contributed by atoms with E-state index in [-0.39, 0.29) is 0 Å². The van der Waals surface area contributed by atoms with E-state index >= 15 is 0 Å². The van der Waals surface area contributed by atoms with Gasteiger partial charge in [-0.05, 0) is 26.7 Å². The van der Waals surface area contributed by atoms with E-state index in [1.165, 1.54) is 0 Å². The van der Waals surface area contributed by atoms with Gasteiger partial charge in [-0.25, -0.2) is 0 Å². The van der Waals surface area contributed by atoms with Crippen molar-refractivity contribution in [1.82, 2.24) is 0 Å². The molecule has 0 saturated heterocycles. The molecule has 0 unspecified atom stereocenters. The molecule has 0 heterocycles. The van der Waals surface area contributed by atoms with E-state index in [2.05, 4.69) is 26.7 Å². The molecule has 0 nitrogen and oxygen atoms in total. The van der Waals surface area contributed by atoms with Crippen molar-refractivity contribution in [3.63, 3.8) is 0 Å². The van der Waals surface area contributed by atoms with Crippen LogP contribution in [0.15, 0.2) is 0 Å². The lowest BCUT2D eigenvalue weighted by atomic mass is 11.9. The summed E-state index contributed by atoms with van der Waals surface area (Å²) in [6.45, 7) is 8.56. The molecule has 0 aromatic rings. The minimum absolute atomic E-state index is 1.09. The molecule has 0 aliphatic rings. The molecule has 0 aromatic heterocycles. The summed E-state index contributed by atoms with van der Waals surface area (Å²) in [7, 11) is 0. The maximum atomic E-state index is 5.27. The third kappa shape index (κ3) is 9.65. The molecule has 5 heteroatoms. The molecule has 0 fully saturated rings. The normalized spacial score (nSPS) is 13.8. The summed E-state index contributed by atoms with van der Waals surface area (Å²) in [5.41, 5.74) is 0. The van der Waals surface area contributed by atoms with Gasteiger partial charge < -0.3 is 0 Å². The maximum Gasteiger partial charge on any atom is 0.00599 e. The average molecular weight is 218 g/mol. The Hall–Kier alpha value is 1.65. The molecule has 0 aliphatic carbocycles. The van der Waals surface area contributed by atoms with Crippen molar-refractivity contribution in [2.45, 2.75) is 0 Å². The van der Waals surface area contributed by atoms with Crippen molar-refractivity contribution < 1.29 is 0 Å². The molecule has 0 atom stereocenters. The monoisotopic (exact) mass is 218 g/mol. The van der Waals surface area contributed by atoms with Crippen LogP contribution in [0, 0.1) is 0 Å². The Morgan fingerprint density at radius 2 is 1.11 bits per heavy atom. The highest BCUT2D eigenvalue weighted by molar-refractivity contribution is 8.99. The highest BCUT2D eigenvalue weighted by Gasteiger charge is 2.10. The van der Waals surface area contributed by atoms with Crippen molar-refractivity contribution in [3.8, 4) is 0 Å². The number of rotatable bonds is 2. The van der Waals surface area contributed by atoms with Crippen LogP contribution in [0.1, 0.15) is 0 Å². The summed E-state index contributed by atoms with van der Waals surface area (Å²) in [6.07, 6.45) is 0. The topological polar surface area (TPSA) is 0 Å². The van der Waals surface area contributed by atoms with Crippen molar-refractivity contribution in [3.05, 3.63) is 0 Å². The van der Waals surface area contributed by atoms with Gasteiger partial charge >= 0.3 is 0 Å². The second kappa shape index (κ2) is 3.36. The van der Waals surface area contributed by atoms with Crippen molar-refractivity contribution >= 4 is 45.1 Å². The molecule has 9 heavy (non-hydrogen) atoms. The van der Waals surface area contributed by atoms with Crippen LogP contribution >= 0.6 is 21.5 Å². The third-order valence-corrected chi connectivity index (χ3v) is 14.2. The molecule has 0 saturated carbocycles. The molecular weight excluding hydrogens is 206 g/mol. The van der Waals surface area contributed by atoms with Crippen LogP contribution in [0.4, 0.5) is 0 Å². The number of hydrogen-bond donors (Lipinski definition) is 0. The van der Waals surface area contributed by atoms with E-state index in [1.54, 1.807) is 0 Å². The molecular formula is C4H12P2S3. The van der Waals surface area contributed by atoms with Crippen LogP contribution in [-0.2, 0) is 23.6 Å². The van der Waals surface area contributed by atoms with Gasteiger partial charge in [0.25, 0.3) is 0 Å². The summed E-state index contributed by atoms with van der Waals surface area (Å²) in [6, 6.07) is 0. The van der Waals surface area contributed by atoms with Crippen molar-refractivity contribution in [2.24, 2.45) is 0 Å². The highest BCUT2D eigenvalue weighted by Crippen LogP contribution is 2.71. The van der Waals surface area contributed by atoms with Gasteiger partial charge in [-0.2, -0.15) is 0 Å². The first-order valence-electron chi connectivity index (χ1n) is 2.52. The Bertz CT molecular complexity index is 154. The second-order valence-electron chi connectivity index (χ2n) is 2.59. The van der Waals surface area contributed by atoms with Crippen molar-refractivity contribution in [1.29, 1.82) is 0 Å². The fraction of sp³-hybridized carbons (Fsp3) is 1.00. The quantitative estimate of drug-likeness (QED) is 0.654. The third-order valence-electron chi connectivity index (χ3n) is 0.393. The number of hydrogen-bond acceptors (Lipinski definition) is 3. The summed E-state index contributed by atoms with van der Waals surface area (Å²) in [5.74, 6) is 0. The molecule has 0 bridgehead atoms. The van der Waals surface area contributed by atoms with Crippen LogP contribution < -0.4 is 0 Å². The fourth-order valence-corrected chi connectivity index (χ4v) is 22.9. The van der Waals surface area contributed by atoms with Crippen LogP contribution in [0.25, 0.3) is 0 Å². The molecule has 0 aromatic carbocycles. The van der Waals surface area contributed by atoms with Gasteiger partial charge in [0.1, 0.15) is 0 Å². The van der Waals surface area contributed by atoms with E-state index in [4.69, 9.17) is 23.6 Å². The van der Waals surface area contributed by atoms with Gasteiger partial charge in [-0.3, -0.25) is 0 Å². The van der Waals surface area contributed by atoms with E-state index in [1.807, 2.05) is 11.0 Å². The zero-order valence-electron chi connectivity index (χ0n) is 6.12. The van der Waals surface area contributed by atoms with Crippen molar-refractivity contribution in [2.75, 3.05) is 26.7 Å². The summed E-state index contributed by atoms with van der Waals surface area (Å²) < 4.78 is 0. The first-order chi connectivity index (χ1) is 3.71. The molecule has 0 radical (unpaired) electrons.